The van der Waals surface area contributed by atoms with Crippen LogP contribution in [-0.4, -0.2) is 40.0 Å². The molecule has 1 heterocycles. The Balaban J connectivity index is 2.09. The van der Waals surface area contributed by atoms with Crippen molar-refractivity contribution in [2.75, 3.05) is 13.1 Å². The van der Waals surface area contributed by atoms with Crippen molar-refractivity contribution < 1.29 is 14.7 Å². The van der Waals surface area contributed by atoms with Gasteiger partial charge in [-0.1, -0.05) is 0 Å². The number of nitrogens with one attached hydrogen (secondary N) is 2. The lowest BCUT2D eigenvalue weighted by Gasteiger charge is -2.05. The minimum absolute atomic E-state index is 0.381. The molecule has 0 aliphatic carbocycles. The highest BCUT2D eigenvalue weighted by molar-refractivity contribution is 5.79. The normalized spacial score (nSPS) is 9.60. The van der Waals surface area contributed by atoms with Crippen LogP contribution in [0.15, 0.2) is 18.5 Å². The Hall–Kier alpha value is -2.05. The summed E-state index contributed by atoms with van der Waals surface area (Å²) in [6.45, 7) is 0.564. The van der Waals surface area contributed by atoms with E-state index in [2.05, 4.69) is 15.7 Å². The van der Waals surface area contributed by atoms with Crippen LogP contribution in [-0.2, 0) is 11.3 Å². The lowest BCUT2D eigenvalue weighted by molar-refractivity contribution is -0.135. The maximum atomic E-state index is 11.0. The van der Waals surface area contributed by atoms with Gasteiger partial charge in [0, 0.05) is 18.9 Å². The van der Waals surface area contributed by atoms with Crippen molar-refractivity contribution in [2.45, 2.75) is 6.54 Å². The second-order valence-electron chi connectivity index (χ2n) is 2.77. The van der Waals surface area contributed by atoms with Gasteiger partial charge in [0.05, 0.1) is 6.54 Å². The van der Waals surface area contributed by atoms with Crippen LogP contribution >= 0.6 is 0 Å². The highest BCUT2D eigenvalue weighted by atomic mass is 16.4. The van der Waals surface area contributed by atoms with Crippen LogP contribution in [0.2, 0.25) is 0 Å². The molecule has 15 heavy (non-hydrogen) atoms. The Labute approximate surface area is 86.1 Å². The van der Waals surface area contributed by atoms with E-state index in [9.17, 15) is 9.59 Å². The first-order valence-electron chi connectivity index (χ1n) is 4.39. The topological polar surface area (TPSA) is 96.3 Å². The molecule has 1 rings (SSSR count). The fourth-order valence-electron chi connectivity index (χ4n) is 0.935. The van der Waals surface area contributed by atoms with E-state index in [0.29, 0.717) is 13.1 Å². The van der Waals surface area contributed by atoms with Crippen molar-refractivity contribution in [1.82, 2.24) is 20.4 Å². The molecule has 2 amide bonds. The van der Waals surface area contributed by atoms with Gasteiger partial charge in [0.25, 0.3) is 0 Å². The molecule has 0 atom stereocenters. The maximum absolute atomic E-state index is 11.0. The summed E-state index contributed by atoms with van der Waals surface area (Å²) in [4.78, 5) is 21.1. The molecule has 0 saturated carbocycles. The molecule has 0 radical (unpaired) electrons. The number of carbonyl (C=O) groups is 2. The quantitative estimate of drug-likeness (QED) is 0.599. The average molecular weight is 212 g/mol. The van der Waals surface area contributed by atoms with E-state index in [0.717, 1.165) is 0 Å². The first kappa shape index (κ1) is 11.0. The number of nitrogens with zero attached hydrogens (tertiary/aromatic N) is 2. The third-order valence-corrected chi connectivity index (χ3v) is 1.59. The second-order valence-corrected chi connectivity index (χ2v) is 2.77. The number of hydrogen-bond acceptors (Lipinski definition) is 3. The van der Waals surface area contributed by atoms with Gasteiger partial charge >= 0.3 is 12.0 Å². The number of hydrogen-bond donors (Lipinski definition) is 3. The van der Waals surface area contributed by atoms with Gasteiger partial charge in [-0.25, -0.2) is 4.79 Å². The molecule has 0 unspecified atom stereocenters. The van der Waals surface area contributed by atoms with Crippen molar-refractivity contribution in [3.63, 3.8) is 0 Å². The summed E-state index contributed by atoms with van der Waals surface area (Å²) in [7, 11) is 0. The number of amides is 2. The van der Waals surface area contributed by atoms with E-state index in [1.54, 1.807) is 23.1 Å². The summed E-state index contributed by atoms with van der Waals surface area (Å²) in [5.41, 5.74) is 0. The van der Waals surface area contributed by atoms with E-state index >= 15 is 0 Å². The third kappa shape index (κ3) is 4.65. The van der Waals surface area contributed by atoms with Crippen LogP contribution < -0.4 is 10.6 Å². The minimum atomic E-state index is -1.07. The molecule has 0 aliphatic rings. The van der Waals surface area contributed by atoms with Crippen LogP contribution in [0.5, 0.6) is 0 Å². The van der Waals surface area contributed by atoms with Crippen molar-refractivity contribution in [2.24, 2.45) is 0 Å². The largest absolute Gasteiger partial charge is 0.480 e. The molecule has 3 N–H and O–H groups in total. The first-order chi connectivity index (χ1) is 7.18. The summed E-state index contributed by atoms with van der Waals surface area (Å²) in [5, 5.41) is 16.9. The minimum Gasteiger partial charge on any atom is -0.480 e. The van der Waals surface area contributed by atoms with Crippen molar-refractivity contribution >= 4 is 12.0 Å². The van der Waals surface area contributed by atoms with Gasteiger partial charge in [-0.2, -0.15) is 5.10 Å². The number of aliphatic carboxylic acids is 1. The number of aromatic nitrogens is 2. The van der Waals surface area contributed by atoms with Crippen LogP contribution in [0.4, 0.5) is 4.79 Å². The van der Waals surface area contributed by atoms with E-state index in [1.807, 2.05) is 0 Å². The predicted octanol–water partition coefficient (Wildman–Crippen LogP) is -0.733. The molecule has 0 spiro atoms. The fourth-order valence-corrected chi connectivity index (χ4v) is 0.935. The summed E-state index contributed by atoms with van der Waals surface area (Å²) in [6.07, 6.45) is 3.42. The molecule has 7 heteroatoms. The number of urea groups is 1. The Bertz CT molecular complexity index is 323. The molecule has 0 aromatic carbocycles. The molecule has 0 aliphatic heterocycles. The zero-order valence-corrected chi connectivity index (χ0v) is 8.01. The average Bonchev–Trinajstić information content (AvgIpc) is 2.67. The highest BCUT2D eigenvalue weighted by Crippen LogP contribution is 1.82. The summed E-state index contributed by atoms with van der Waals surface area (Å²) >= 11 is 0. The van der Waals surface area contributed by atoms with Gasteiger partial charge in [0.1, 0.15) is 6.54 Å². The molecule has 0 fully saturated rings. The monoisotopic (exact) mass is 212 g/mol. The van der Waals surface area contributed by atoms with Crippen LogP contribution in [0.25, 0.3) is 0 Å². The summed E-state index contributed by atoms with van der Waals surface area (Å²) in [5.74, 6) is -1.07. The van der Waals surface area contributed by atoms with E-state index in [4.69, 9.17) is 5.11 Å². The fraction of sp³-hybridized carbons (Fsp3) is 0.375. The zero-order chi connectivity index (χ0) is 11.1. The number of rotatable bonds is 5. The molecular formula is C8H12N4O3. The van der Waals surface area contributed by atoms with Gasteiger partial charge in [0.2, 0.25) is 0 Å². The van der Waals surface area contributed by atoms with Gasteiger partial charge in [0.15, 0.2) is 0 Å². The summed E-state index contributed by atoms with van der Waals surface area (Å²) < 4.78 is 1.66. The molecule has 0 saturated heterocycles. The van der Waals surface area contributed by atoms with Crippen molar-refractivity contribution in [1.29, 1.82) is 0 Å². The van der Waals surface area contributed by atoms with Crippen molar-refractivity contribution in [3.8, 4) is 0 Å². The first-order valence-corrected chi connectivity index (χ1v) is 4.39. The molecule has 82 valence electrons. The lowest BCUT2D eigenvalue weighted by atomic mass is 10.6. The zero-order valence-electron chi connectivity index (χ0n) is 8.01. The van der Waals surface area contributed by atoms with Crippen LogP contribution in [0.3, 0.4) is 0 Å². The lowest BCUT2D eigenvalue weighted by Crippen LogP contribution is -2.39. The molecule has 0 bridgehead atoms. The van der Waals surface area contributed by atoms with Crippen LogP contribution in [0.1, 0.15) is 0 Å². The van der Waals surface area contributed by atoms with E-state index in [-0.39, 0.29) is 6.54 Å². The Morgan fingerprint density at radius 2 is 2.20 bits per heavy atom. The highest BCUT2D eigenvalue weighted by Gasteiger charge is 2.01. The van der Waals surface area contributed by atoms with Gasteiger partial charge in [-0.15, -0.1) is 0 Å². The van der Waals surface area contributed by atoms with Crippen molar-refractivity contribution in [3.05, 3.63) is 18.5 Å². The molecule has 1 aromatic heterocycles. The third-order valence-electron chi connectivity index (χ3n) is 1.59. The predicted molar refractivity (Wildman–Crippen MR) is 51.3 cm³/mol. The number of carboxylic acid groups (broad SMARTS) is 1. The molecule has 7 nitrogen and oxygen atoms in total. The maximum Gasteiger partial charge on any atom is 0.323 e. The molecule has 1 aromatic rings. The Morgan fingerprint density at radius 1 is 1.40 bits per heavy atom. The Kier molecular flexibility index (Phi) is 4.14. The Morgan fingerprint density at radius 3 is 2.80 bits per heavy atom. The van der Waals surface area contributed by atoms with Gasteiger partial charge < -0.3 is 15.7 Å². The van der Waals surface area contributed by atoms with Gasteiger partial charge in [-0.3, -0.25) is 9.48 Å². The number of carboxylic acids is 1. The molecular weight excluding hydrogens is 200 g/mol. The smallest absolute Gasteiger partial charge is 0.323 e. The standard InChI is InChI=1S/C8H12N4O3/c13-7(14)6-10-8(15)9-3-5-12-4-1-2-11-12/h1-2,4H,3,5-6H2,(H,13,14)(H2,9,10,15). The van der Waals surface area contributed by atoms with Gasteiger partial charge in [-0.05, 0) is 6.07 Å². The second kappa shape index (κ2) is 5.63. The van der Waals surface area contributed by atoms with E-state index < -0.39 is 12.0 Å². The van der Waals surface area contributed by atoms with E-state index in [1.165, 1.54) is 0 Å². The summed E-state index contributed by atoms with van der Waals surface area (Å²) in [6, 6.07) is 1.29. The SMILES string of the molecule is O=C(O)CNC(=O)NCCn1cccn1. The number of carbonyl (C=O) groups excluding carboxylic acids is 1. The van der Waals surface area contributed by atoms with Crippen LogP contribution in [0, 0.1) is 0 Å².